The van der Waals surface area contributed by atoms with Gasteiger partial charge in [-0.3, -0.25) is 24.5 Å². The molecule has 29 heavy (non-hydrogen) atoms. The van der Waals surface area contributed by atoms with Gasteiger partial charge < -0.3 is 0 Å². The monoisotopic (exact) mass is 427 g/mol. The van der Waals surface area contributed by atoms with Gasteiger partial charge >= 0.3 is 0 Å². The van der Waals surface area contributed by atoms with Crippen molar-refractivity contribution >= 4 is 57.8 Å². The summed E-state index contributed by atoms with van der Waals surface area (Å²) in [5, 5.41) is 12.7. The standard InChI is InChI=1S/C19H13N3O5S2/c23-16-13(7-9-1-5-12(6-2-9)22(26)27)29-19(28)21(16)20-17(24)14-10-3-4-11(8-10)15(14)18(20)25/h1-7,10-11,14-15H,8H2. The lowest BCUT2D eigenvalue weighted by atomic mass is 9.85. The van der Waals surface area contributed by atoms with Crippen molar-refractivity contribution in [2.45, 2.75) is 6.42 Å². The Morgan fingerprint density at radius 1 is 1.03 bits per heavy atom. The molecule has 0 radical (unpaired) electrons. The molecule has 2 aliphatic heterocycles. The van der Waals surface area contributed by atoms with Gasteiger partial charge in [0, 0.05) is 12.1 Å². The number of allylic oxidation sites excluding steroid dienone is 2. The topological polar surface area (TPSA) is 101 Å². The summed E-state index contributed by atoms with van der Waals surface area (Å²) < 4.78 is 0.116. The van der Waals surface area contributed by atoms with Crippen LogP contribution in [-0.4, -0.2) is 37.0 Å². The molecule has 5 rings (SSSR count). The van der Waals surface area contributed by atoms with E-state index in [-0.39, 0.29) is 38.6 Å². The number of fused-ring (bicyclic) bond motifs is 5. The van der Waals surface area contributed by atoms with E-state index < -0.39 is 22.7 Å². The zero-order valence-electron chi connectivity index (χ0n) is 14.8. The molecular weight excluding hydrogens is 414 g/mol. The molecule has 4 unspecified atom stereocenters. The third-order valence-corrected chi connectivity index (χ3v) is 7.10. The first-order chi connectivity index (χ1) is 13.9. The van der Waals surface area contributed by atoms with Gasteiger partial charge in [0.1, 0.15) is 0 Å². The van der Waals surface area contributed by atoms with Crippen molar-refractivity contribution in [3.05, 3.63) is 57.0 Å². The number of nitro benzene ring substituents is 1. The Kier molecular flexibility index (Phi) is 3.97. The van der Waals surface area contributed by atoms with Crippen LogP contribution in [-0.2, 0) is 14.4 Å². The minimum atomic E-state index is -0.541. The zero-order valence-corrected chi connectivity index (χ0v) is 16.4. The highest BCUT2D eigenvalue weighted by atomic mass is 32.2. The lowest BCUT2D eigenvalue weighted by Gasteiger charge is -2.25. The van der Waals surface area contributed by atoms with E-state index in [0.717, 1.165) is 28.2 Å². The number of rotatable bonds is 3. The quantitative estimate of drug-likeness (QED) is 0.182. The Hall–Kier alpha value is -2.85. The number of imide groups is 1. The van der Waals surface area contributed by atoms with Crippen molar-refractivity contribution < 1.29 is 19.3 Å². The van der Waals surface area contributed by atoms with Crippen molar-refractivity contribution in [3.8, 4) is 0 Å². The van der Waals surface area contributed by atoms with E-state index in [2.05, 4.69) is 0 Å². The summed E-state index contributed by atoms with van der Waals surface area (Å²) in [5.41, 5.74) is 0.520. The molecule has 3 fully saturated rings. The molecule has 4 atom stereocenters. The number of thiocarbonyl (C=S) groups is 1. The van der Waals surface area contributed by atoms with Gasteiger partial charge in [-0.05, 0) is 54.2 Å². The maximum absolute atomic E-state index is 13.0. The molecule has 10 heteroatoms. The molecule has 2 bridgehead atoms. The van der Waals surface area contributed by atoms with Gasteiger partial charge in [0.2, 0.25) is 0 Å². The Balaban J connectivity index is 1.42. The van der Waals surface area contributed by atoms with Crippen LogP contribution >= 0.6 is 24.0 Å². The highest BCUT2D eigenvalue weighted by molar-refractivity contribution is 8.26. The fourth-order valence-corrected chi connectivity index (χ4v) is 5.80. The van der Waals surface area contributed by atoms with E-state index in [9.17, 15) is 24.5 Å². The summed E-state index contributed by atoms with van der Waals surface area (Å²) in [7, 11) is 0. The van der Waals surface area contributed by atoms with Crippen molar-refractivity contribution in [2.75, 3.05) is 0 Å². The van der Waals surface area contributed by atoms with E-state index >= 15 is 0 Å². The van der Waals surface area contributed by atoms with Crippen LogP contribution in [0, 0.1) is 33.8 Å². The first kappa shape index (κ1) is 18.2. The van der Waals surface area contributed by atoms with Crippen LogP contribution < -0.4 is 0 Å². The maximum Gasteiger partial charge on any atom is 0.285 e. The molecule has 2 saturated heterocycles. The van der Waals surface area contributed by atoms with Crippen LogP contribution in [0.5, 0.6) is 0 Å². The molecule has 4 aliphatic rings. The molecular formula is C19H13N3O5S2. The SMILES string of the molecule is O=C1C(=Cc2ccc([N+](=O)[O-])cc2)SC(=S)N1N1C(=O)C2C3C=CC(C3)C2C1=O. The summed E-state index contributed by atoms with van der Waals surface area (Å²) >= 11 is 6.29. The van der Waals surface area contributed by atoms with Crippen LogP contribution in [0.1, 0.15) is 12.0 Å². The number of hydrogen-bond acceptors (Lipinski definition) is 7. The maximum atomic E-state index is 13.0. The summed E-state index contributed by atoms with van der Waals surface area (Å²) in [6, 6.07) is 5.71. The molecule has 8 nitrogen and oxygen atoms in total. The predicted octanol–water partition coefficient (Wildman–Crippen LogP) is 2.52. The van der Waals surface area contributed by atoms with Gasteiger partial charge in [-0.25, -0.2) is 0 Å². The molecule has 2 heterocycles. The Labute approximate surface area is 174 Å². The van der Waals surface area contributed by atoms with Gasteiger partial charge in [-0.1, -0.05) is 23.9 Å². The molecule has 1 aromatic rings. The second-order valence-electron chi connectivity index (χ2n) is 7.33. The van der Waals surface area contributed by atoms with Crippen LogP contribution in [0.25, 0.3) is 6.08 Å². The average Bonchev–Trinajstić information content (AvgIpc) is 3.42. The first-order valence-electron chi connectivity index (χ1n) is 8.95. The fourth-order valence-electron chi connectivity index (χ4n) is 4.56. The van der Waals surface area contributed by atoms with E-state index in [1.165, 1.54) is 24.3 Å². The molecule has 1 saturated carbocycles. The summed E-state index contributed by atoms with van der Waals surface area (Å²) in [6.07, 6.45) is 6.32. The number of carbonyl (C=O) groups excluding carboxylic acids is 3. The normalized spacial score (nSPS) is 31.5. The lowest BCUT2D eigenvalue weighted by Crippen LogP contribution is -2.49. The Morgan fingerprint density at radius 2 is 1.62 bits per heavy atom. The van der Waals surface area contributed by atoms with E-state index in [4.69, 9.17) is 12.2 Å². The highest BCUT2D eigenvalue weighted by Gasteiger charge is 2.62. The van der Waals surface area contributed by atoms with Gasteiger partial charge in [0.15, 0.2) is 4.32 Å². The van der Waals surface area contributed by atoms with Crippen LogP contribution in [0.15, 0.2) is 41.3 Å². The van der Waals surface area contributed by atoms with Crippen molar-refractivity contribution in [3.63, 3.8) is 0 Å². The number of benzene rings is 1. The summed E-state index contributed by atoms with van der Waals surface area (Å²) in [6.45, 7) is 0. The third-order valence-electron chi connectivity index (χ3n) is 5.82. The number of amides is 3. The molecule has 0 N–H and O–H groups in total. The minimum Gasteiger partial charge on any atom is -0.272 e. The fraction of sp³-hybridized carbons (Fsp3) is 0.263. The molecule has 146 valence electrons. The Bertz CT molecular complexity index is 1030. The number of nitro groups is 1. The molecule has 3 amide bonds. The smallest absolute Gasteiger partial charge is 0.272 e. The van der Waals surface area contributed by atoms with Crippen LogP contribution in [0.4, 0.5) is 5.69 Å². The van der Waals surface area contributed by atoms with Crippen molar-refractivity contribution in [1.29, 1.82) is 0 Å². The van der Waals surface area contributed by atoms with Crippen LogP contribution in [0.3, 0.4) is 0 Å². The molecule has 0 spiro atoms. The molecule has 2 aliphatic carbocycles. The Morgan fingerprint density at radius 3 is 2.17 bits per heavy atom. The summed E-state index contributed by atoms with van der Waals surface area (Å²) in [5.74, 6) is -2.03. The van der Waals surface area contributed by atoms with Gasteiger partial charge in [-0.15, -0.1) is 0 Å². The van der Waals surface area contributed by atoms with E-state index in [1.807, 2.05) is 12.2 Å². The van der Waals surface area contributed by atoms with Gasteiger partial charge in [-0.2, -0.15) is 10.0 Å². The highest BCUT2D eigenvalue weighted by Crippen LogP contribution is 2.53. The van der Waals surface area contributed by atoms with E-state index in [1.54, 1.807) is 6.08 Å². The third kappa shape index (κ3) is 2.59. The number of carbonyl (C=O) groups is 3. The van der Waals surface area contributed by atoms with Crippen molar-refractivity contribution in [1.82, 2.24) is 10.0 Å². The van der Waals surface area contributed by atoms with Crippen molar-refractivity contribution in [2.24, 2.45) is 23.7 Å². The zero-order chi connectivity index (χ0) is 20.4. The average molecular weight is 427 g/mol. The second kappa shape index (κ2) is 6.33. The number of thioether (sulfide) groups is 1. The number of nitrogens with zero attached hydrogens (tertiary/aromatic N) is 3. The largest absolute Gasteiger partial charge is 0.285 e. The molecule has 0 aromatic heterocycles. The lowest BCUT2D eigenvalue weighted by molar-refractivity contribution is -0.384. The summed E-state index contributed by atoms with van der Waals surface area (Å²) in [4.78, 5) is 49.4. The van der Waals surface area contributed by atoms with Gasteiger partial charge in [0.25, 0.3) is 23.4 Å². The minimum absolute atomic E-state index is 0.0421. The number of hydrazine groups is 1. The molecule has 1 aromatic carbocycles. The predicted molar refractivity (Wildman–Crippen MR) is 108 cm³/mol. The van der Waals surface area contributed by atoms with Gasteiger partial charge in [0.05, 0.1) is 21.7 Å². The second-order valence-corrected chi connectivity index (χ2v) is 9.01. The number of hydrogen-bond donors (Lipinski definition) is 0. The van der Waals surface area contributed by atoms with E-state index in [0.29, 0.717) is 5.56 Å². The first-order valence-corrected chi connectivity index (χ1v) is 10.2. The number of non-ortho nitro benzene ring substituents is 1. The van der Waals surface area contributed by atoms with Crippen LogP contribution in [0.2, 0.25) is 0 Å².